The third-order valence-corrected chi connectivity index (χ3v) is 14.8. The molecule has 3 aromatic carbocycles. The maximum atomic E-state index is 17.4. The molecule has 35 heteroatoms. The Morgan fingerprint density at radius 1 is 0.272 bits per heavy atom. The van der Waals surface area contributed by atoms with Crippen LogP contribution in [-0.4, -0.2) is 126 Å². The van der Waals surface area contributed by atoms with Gasteiger partial charge in [-0.05, 0) is 125 Å². The second kappa shape index (κ2) is 27.4. The van der Waals surface area contributed by atoms with Gasteiger partial charge in [-0.25, -0.2) is 4.79 Å². The number of halogens is 23. The minimum atomic E-state index is -9.73. The van der Waals surface area contributed by atoms with Gasteiger partial charge in [0.2, 0.25) is 0 Å². The van der Waals surface area contributed by atoms with E-state index >= 15 is 57.5 Å². The lowest BCUT2D eigenvalue weighted by molar-refractivity contribution is -0.477. The predicted octanol–water partition coefficient (Wildman–Crippen LogP) is 19.4. The van der Waals surface area contributed by atoms with E-state index in [4.69, 9.17) is 46.8 Å². The van der Waals surface area contributed by atoms with Gasteiger partial charge in [-0.15, -0.1) is 0 Å². The summed E-state index contributed by atoms with van der Waals surface area (Å²) < 4.78 is 407. The second-order valence-electron chi connectivity index (χ2n) is 22.9. The molecule has 0 radical (unpaired) electrons. The molecule has 0 N–H and O–H groups in total. The lowest BCUT2D eigenvalue weighted by atomic mass is 9.85. The molecule has 0 atom stereocenters. The summed E-state index contributed by atoms with van der Waals surface area (Å²) in [5.41, 5.74) is 0. The van der Waals surface area contributed by atoms with Crippen LogP contribution in [0.5, 0.6) is 51.7 Å². The summed E-state index contributed by atoms with van der Waals surface area (Å²) in [4.78, 5) is 11.9. The van der Waals surface area contributed by atoms with Crippen molar-refractivity contribution >= 4 is 16.3 Å². The lowest BCUT2D eigenvalue weighted by Crippen LogP contribution is -2.78. The summed E-state index contributed by atoms with van der Waals surface area (Å²) in [7, 11) is -5.85. The SMILES string of the molecule is CC(C)Oc1cc(OC(C)C)c(S(OC(=O)C(F)(F)C(F)(F)C(F)(F)C(F)(F)C(F)(F)C(F)(F)C(F)(F)C(F)(F)C(F)(F)C(F)(F)C(F)(F)F)(c2c(OC(C)C)cc(OC(C)C)cc2OC(C)C)c2c(OC(C)C)cc(OC(C)C)cc2OC(C)C)c(OC(C)C)c1. The first-order valence-corrected chi connectivity index (χ1v) is 29.2. The fourth-order valence-corrected chi connectivity index (χ4v) is 11.6. The van der Waals surface area contributed by atoms with Crippen LogP contribution in [0.3, 0.4) is 0 Å². The van der Waals surface area contributed by atoms with Crippen molar-refractivity contribution in [2.24, 2.45) is 0 Å². The average Bonchev–Trinajstić information content (AvgIpc) is 0.695. The van der Waals surface area contributed by atoms with Crippen LogP contribution in [0.4, 0.5) is 101 Å². The largest absolute Gasteiger partial charge is 0.491 e. The van der Waals surface area contributed by atoms with Crippen molar-refractivity contribution < 1.29 is 153 Å². The number of rotatable bonds is 32. The van der Waals surface area contributed by atoms with Crippen LogP contribution in [-0.2, 0) is 8.98 Å². The van der Waals surface area contributed by atoms with Gasteiger partial charge in [0.1, 0.15) is 66.4 Å². The average molecular weight is 1400 g/mol. The van der Waals surface area contributed by atoms with Gasteiger partial charge in [0.25, 0.3) is 0 Å². The van der Waals surface area contributed by atoms with Gasteiger partial charge in [-0.3, -0.25) is 0 Å². The zero-order chi connectivity index (χ0) is 72.0. The normalized spacial score (nSPS) is 14.4. The van der Waals surface area contributed by atoms with Crippen molar-refractivity contribution in [1.82, 2.24) is 0 Å². The van der Waals surface area contributed by atoms with E-state index in [1.165, 1.54) is 125 Å². The van der Waals surface area contributed by atoms with Gasteiger partial charge in [-0.2, -0.15) is 101 Å². The smallest absolute Gasteiger partial charge is 0.460 e. The molecule has 0 saturated heterocycles. The molecule has 0 aliphatic carbocycles. The number of hydrogen-bond acceptors (Lipinski definition) is 11. The van der Waals surface area contributed by atoms with E-state index in [-0.39, 0.29) is 17.2 Å². The summed E-state index contributed by atoms with van der Waals surface area (Å²) in [6.07, 6.45) is -18.1. The fraction of sp³-hybridized carbons (Fsp3) is 0.667. The first-order valence-electron chi connectivity index (χ1n) is 27.6. The number of carbonyl (C=O) groups is 1. The molecule has 0 fully saturated rings. The van der Waals surface area contributed by atoms with Crippen molar-refractivity contribution in [1.29, 1.82) is 0 Å². The first-order chi connectivity index (χ1) is 41.1. The Morgan fingerprint density at radius 2 is 0.435 bits per heavy atom. The number of carbonyl (C=O) groups excluding carboxylic acids is 1. The lowest BCUT2D eigenvalue weighted by Gasteiger charge is -2.46. The predicted molar refractivity (Wildman–Crippen MR) is 285 cm³/mol. The van der Waals surface area contributed by atoms with Crippen molar-refractivity contribution in [3.63, 3.8) is 0 Å². The Bertz CT molecular complexity index is 2730. The van der Waals surface area contributed by atoms with Gasteiger partial charge < -0.3 is 46.8 Å². The highest BCUT2D eigenvalue weighted by molar-refractivity contribution is 8.30. The summed E-state index contributed by atoms with van der Waals surface area (Å²) in [6.45, 7) is 24.3. The molecule has 0 heterocycles. The Balaban J connectivity index is 3.05. The molecule has 3 rings (SSSR count). The monoisotopic (exact) mass is 1400 g/mol. The van der Waals surface area contributed by atoms with E-state index in [0.717, 1.165) is 36.4 Å². The third-order valence-electron chi connectivity index (χ3n) is 11.5. The van der Waals surface area contributed by atoms with Crippen LogP contribution in [0.2, 0.25) is 0 Å². The minimum Gasteiger partial charge on any atom is -0.491 e. The molecule has 11 nitrogen and oxygen atoms in total. The summed E-state index contributed by atoms with van der Waals surface area (Å²) in [5, 5.41) is 0. The van der Waals surface area contributed by atoms with Gasteiger partial charge in [0.05, 0.1) is 54.9 Å². The Morgan fingerprint density at radius 3 is 0.598 bits per heavy atom. The molecular weight excluding hydrogens is 1330 g/mol. The van der Waals surface area contributed by atoms with E-state index in [9.17, 15) is 48.3 Å². The molecule has 530 valence electrons. The van der Waals surface area contributed by atoms with Crippen LogP contribution < -0.4 is 42.6 Å². The molecule has 0 aromatic heterocycles. The van der Waals surface area contributed by atoms with Crippen molar-refractivity contribution in [2.75, 3.05) is 0 Å². The standard InChI is InChI=1S/C57H69F23O11S/c1-25(2)82-34-19-37(85-28(7)8)43(38(20-34)86-29(9)10)92(44-39(87-30(11)12)21-35(83-26(3)4)22-40(44)88-31(13)14,45-41(89-32(15)16)23-36(84-27(5)6)24-42(45)90-33(17)18)91-46(81)47(58,59)48(60,61)49(62,63)50(64,65)51(66,67)52(68,69)53(70,71)54(72,73)55(74,75)56(76,77)57(78,79)80/h19-33H,1-18H3. The van der Waals surface area contributed by atoms with E-state index in [2.05, 4.69) is 0 Å². The zero-order valence-corrected chi connectivity index (χ0v) is 53.1. The molecule has 92 heavy (non-hydrogen) atoms. The molecule has 0 bridgehead atoms. The third kappa shape index (κ3) is 14.9. The van der Waals surface area contributed by atoms with Gasteiger partial charge in [0, 0.05) is 46.7 Å². The van der Waals surface area contributed by atoms with Crippen LogP contribution >= 0.6 is 10.3 Å². The highest BCUT2D eigenvalue weighted by atomic mass is 32.3. The van der Waals surface area contributed by atoms with Crippen LogP contribution in [0.15, 0.2) is 51.1 Å². The summed E-state index contributed by atoms with van der Waals surface area (Å²) in [5.74, 6) is -103. The van der Waals surface area contributed by atoms with Crippen LogP contribution in [0.25, 0.3) is 0 Å². The summed E-state index contributed by atoms with van der Waals surface area (Å²) >= 11 is 0. The number of hydrogen-bond donors (Lipinski definition) is 0. The van der Waals surface area contributed by atoms with Gasteiger partial charge in [0.15, 0.2) is 0 Å². The van der Waals surface area contributed by atoms with Crippen LogP contribution in [0.1, 0.15) is 125 Å². The Kier molecular flexibility index (Phi) is 23.9. The molecule has 0 aliphatic heterocycles. The van der Waals surface area contributed by atoms with Gasteiger partial charge >= 0.3 is 71.4 Å². The molecule has 0 aliphatic rings. The van der Waals surface area contributed by atoms with Crippen molar-refractivity contribution in [3.05, 3.63) is 36.4 Å². The molecule has 0 amide bonds. The van der Waals surface area contributed by atoms with E-state index in [0.29, 0.717) is 0 Å². The van der Waals surface area contributed by atoms with E-state index < -0.39 is 186 Å². The Labute approximate surface area is 515 Å². The highest BCUT2D eigenvalue weighted by Gasteiger charge is 2.99. The molecule has 0 unspecified atom stereocenters. The van der Waals surface area contributed by atoms with Gasteiger partial charge in [-0.1, -0.05) is 0 Å². The van der Waals surface area contributed by atoms with Crippen molar-refractivity contribution in [2.45, 2.75) is 260 Å². The number of ether oxygens (including phenoxy) is 9. The topological polar surface area (TPSA) is 109 Å². The maximum absolute atomic E-state index is 17.4. The maximum Gasteiger partial charge on any atom is 0.460 e. The number of benzene rings is 3. The minimum absolute atomic E-state index is 0.316. The molecule has 0 saturated carbocycles. The second-order valence-corrected chi connectivity index (χ2v) is 25.4. The van der Waals surface area contributed by atoms with E-state index in [1.807, 2.05) is 0 Å². The molecule has 3 aromatic rings. The fourth-order valence-electron chi connectivity index (χ4n) is 8.06. The highest BCUT2D eigenvalue weighted by Crippen LogP contribution is 2.82. The summed E-state index contributed by atoms with van der Waals surface area (Å²) in [6, 6.07) is 5.53. The van der Waals surface area contributed by atoms with Crippen molar-refractivity contribution in [3.8, 4) is 51.7 Å². The Hall–Kier alpha value is -5.93. The quantitative estimate of drug-likeness (QED) is 0.0557. The molecular formula is C57H69F23O11S. The number of alkyl halides is 23. The van der Waals surface area contributed by atoms with Crippen LogP contribution in [0, 0.1) is 0 Å². The zero-order valence-electron chi connectivity index (χ0n) is 52.3. The first kappa shape index (κ1) is 80.3. The molecule has 0 spiro atoms. The van der Waals surface area contributed by atoms with E-state index in [1.54, 1.807) is 0 Å².